The zero-order valence-corrected chi connectivity index (χ0v) is 13.6. The third kappa shape index (κ3) is 4.96. The molecule has 2 amide bonds. The van der Waals surface area contributed by atoms with Gasteiger partial charge in [-0.3, -0.25) is 14.4 Å². The fourth-order valence-corrected chi connectivity index (χ4v) is 2.66. The van der Waals surface area contributed by atoms with Gasteiger partial charge in [-0.25, -0.2) is 0 Å². The van der Waals surface area contributed by atoms with Gasteiger partial charge in [0.25, 0.3) is 5.91 Å². The largest absolute Gasteiger partial charge is 0.427 e. The number of alkyl halides is 1. The van der Waals surface area contributed by atoms with Crippen molar-refractivity contribution in [3.05, 3.63) is 29.8 Å². The number of carbonyl (C=O) groups excluding carboxylic acids is 3. The average Bonchev–Trinajstić information content (AvgIpc) is 2.54. The summed E-state index contributed by atoms with van der Waals surface area (Å²) >= 11 is 5.54. The van der Waals surface area contributed by atoms with E-state index >= 15 is 0 Å². The van der Waals surface area contributed by atoms with E-state index in [9.17, 15) is 14.4 Å². The molecular weight excluding hydrogens is 320 g/mol. The highest BCUT2D eigenvalue weighted by Gasteiger charge is 2.23. The van der Waals surface area contributed by atoms with E-state index in [-0.39, 0.29) is 23.7 Å². The zero-order valence-electron chi connectivity index (χ0n) is 12.9. The summed E-state index contributed by atoms with van der Waals surface area (Å²) in [5.41, 5.74) is 0.433. The number of likely N-dealkylation sites (tertiary alicyclic amines) is 1. The number of hydrogen-bond donors (Lipinski definition) is 1. The van der Waals surface area contributed by atoms with Crippen LogP contribution in [0, 0.1) is 0 Å². The van der Waals surface area contributed by atoms with E-state index in [2.05, 4.69) is 5.32 Å². The van der Waals surface area contributed by atoms with E-state index < -0.39 is 5.97 Å². The standard InChI is InChI=1S/C16H19ClN2O4/c1-11(20)23-14-4-2-3-12(9-14)16(22)18-13-5-7-19(8-6-13)15(21)10-17/h2-4,9,13H,5-8,10H2,1H3,(H,18,22). The minimum atomic E-state index is -0.432. The van der Waals surface area contributed by atoms with Gasteiger partial charge in [0.1, 0.15) is 11.6 Å². The molecule has 1 aliphatic rings. The molecule has 1 aromatic carbocycles. The van der Waals surface area contributed by atoms with Gasteiger partial charge in [-0.05, 0) is 31.0 Å². The fraction of sp³-hybridized carbons (Fsp3) is 0.438. The Morgan fingerprint density at radius 3 is 2.61 bits per heavy atom. The lowest BCUT2D eigenvalue weighted by Gasteiger charge is -2.32. The van der Waals surface area contributed by atoms with Crippen molar-refractivity contribution in [1.29, 1.82) is 0 Å². The Bertz CT molecular complexity index is 597. The highest BCUT2D eigenvalue weighted by molar-refractivity contribution is 6.27. The molecule has 2 rings (SSSR count). The van der Waals surface area contributed by atoms with Crippen molar-refractivity contribution in [2.75, 3.05) is 19.0 Å². The maximum absolute atomic E-state index is 12.3. The van der Waals surface area contributed by atoms with Crippen LogP contribution in [0.2, 0.25) is 0 Å². The van der Waals surface area contributed by atoms with E-state index in [1.165, 1.54) is 13.0 Å². The number of amides is 2. The van der Waals surface area contributed by atoms with Crippen molar-refractivity contribution in [3.63, 3.8) is 0 Å². The summed E-state index contributed by atoms with van der Waals surface area (Å²) < 4.78 is 4.97. The van der Waals surface area contributed by atoms with Crippen LogP contribution in [-0.2, 0) is 9.59 Å². The highest BCUT2D eigenvalue weighted by atomic mass is 35.5. The van der Waals surface area contributed by atoms with Crippen molar-refractivity contribution in [2.24, 2.45) is 0 Å². The number of benzene rings is 1. The molecule has 124 valence electrons. The van der Waals surface area contributed by atoms with E-state index in [0.717, 1.165) is 0 Å². The predicted molar refractivity (Wildman–Crippen MR) is 85.5 cm³/mol. The maximum Gasteiger partial charge on any atom is 0.308 e. The van der Waals surface area contributed by atoms with Gasteiger partial charge in [0, 0.05) is 31.6 Å². The molecule has 0 spiro atoms. The van der Waals surface area contributed by atoms with E-state index in [1.54, 1.807) is 23.1 Å². The number of ether oxygens (including phenoxy) is 1. The Hall–Kier alpha value is -2.08. The number of carbonyl (C=O) groups is 3. The van der Waals surface area contributed by atoms with Crippen LogP contribution in [0.5, 0.6) is 5.75 Å². The molecule has 1 heterocycles. The Morgan fingerprint density at radius 1 is 1.30 bits per heavy atom. The molecule has 23 heavy (non-hydrogen) atoms. The van der Waals surface area contributed by atoms with Gasteiger partial charge in [0.05, 0.1) is 0 Å². The monoisotopic (exact) mass is 338 g/mol. The van der Waals surface area contributed by atoms with Gasteiger partial charge in [0.15, 0.2) is 0 Å². The van der Waals surface area contributed by atoms with E-state index in [4.69, 9.17) is 16.3 Å². The second-order valence-electron chi connectivity index (χ2n) is 5.38. The zero-order chi connectivity index (χ0) is 16.8. The van der Waals surface area contributed by atoms with Gasteiger partial charge < -0.3 is 15.0 Å². The minimum Gasteiger partial charge on any atom is -0.427 e. The Balaban J connectivity index is 1.90. The summed E-state index contributed by atoms with van der Waals surface area (Å²) in [5, 5.41) is 2.94. The summed E-state index contributed by atoms with van der Waals surface area (Å²) in [6.07, 6.45) is 1.38. The molecule has 0 saturated carbocycles. The number of hydrogen-bond acceptors (Lipinski definition) is 4. The summed E-state index contributed by atoms with van der Waals surface area (Å²) in [6.45, 7) is 2.48. The summed E-state index contributed by atoms with van der Waals surface area (Å²) in [4.78, 5) is 36.4. The molecule has 0 unspecified atom stereocenters. The Kier molecular flexibility index (Phi) is 5.98. The molecule has 1 N–H and O–H groups in total. The van der Waals surface area contributed by atoms with Gasteiger partial charge in [-0.2, -0.15) is 0 Å². The van der Waals surface area contributed by atoms with Gasteiger partial charge in [-0.15, -0.1) is 11.6 Å². The third-order valence-corrected chi connectivity index (χ3v) is 3.88. The predicted octanol–water partition coefficient (Wildman–Crippen LogP) is 1.57. The number of piperidine rings is 1. The number of halogens is 1. The molecule has 6 nitrogen and oxygen atoms in total. The minimum absolute atomic E-state index is 0.0132. The van der Waals surface area contributed by atoms with Crippen molar-refractivity contribution >= 4 is 29.4 Å². The topological polar surface area (TPSA) is 75.7 Å². The van der Waals surface area contributed by atoms with Gasteiger partial charge >= 0.3 is 5.97 Å². The summed E-state index contributed by atoms with van der Waals surface area (Å²) in [6, 6.07) is 6.49. The van der Waals surface area contributed by atoms with Crippen LogP contribution in [0.3, 0.4) is 0 Å². The number of esters is 1. The lowest BCUT2D eigenvalue weighted by atomic mass is 10.0. The first-order valence-electron chi connectivity index (χ1n) is 7.42. The lowest BCUT2D eigenvalue weighted by Crippen LogP contribution is -2.46. The second-order valence-corrected chi connectivity index (χ2v) is 5.65. The quantitative estimate of drug-likeness (QED) is 0.513. The van der Waals surface area contributed by atoms with Gasteiger partial charge in [-0.1, -0.05) is 6.07 Å². The van der Waals surface area contributed by atoms with E-state index in [0.29, 0.717) is 37.2 Å². The maximum atomic E-state index is 12.3. The highest BCUT2D eigenvalue weighted by Crippen LogP contribution is 2.15. The number of nitrogens with zero attached hydrogens (tertiary/aromatic N) is 1. The Morgan fingerprint density at radius 2 is 2.00 bits per heavy atom. The van der Waals surface area contributed by atoms with Crippen molar-refractivity contribution < 1.29 is 19.1 Å². The lowest BCUT2D eigenvalue weighted by molar-refractivity contribution is -0.132. The molecule has 1 aromatic rings. The fourth-order valence-electron chi connectivity index (χ4n) is 2.49. The smallest absolute Gasteiger partial charge is 0.308 e. The molecule has 1 saturated heterocycles. The third-order valence-electron chi connectivity index (χ3n) is 3.66. The van der Waals surface area contributed by atoms with Crippen molar-refractivity contribution in [2.45, 2.75) is 25.8 Å². The second kappa shape index (κ2) is 7.97. The molecule has 1 aliphatic heterocycles. The molecule has 0 radical (unpaired) electrons. The van der Waals surface area contributed by atoms with Crippen LogP contribution >= 0.6 is 11.6 Å². The van der Waals surface area contributed by atoms with E-state index in [1.807, 2.05) is 0 Å². The van der Waals surface area contributed by atoms with Gasteiger partial charge in [0.2, 0.25) is 5.91 Å². The Labute approximate surface area is 139 Å². The van der Waals surface area contributed by atoms with Crippen LogP contribution < -0.4 is 10.1 Å². The normalized spacial score (nSPS) is 15.1. The van der Waals surface area contributed by atoms with Crippen LogP contribution in [0.4, 0.5) is 0 Å². The molecular formula is C16H19ClN2O4. The molecule has 7 heteroatoms. The first kappa shape index (κ1) is 17.3. The molecule has 1 fully saturated rings. The molecule has 0 atom stereocenters. The number of nitrogens with one attached hydrogen (secondary N) is 1. The summed E-state index contributed by atoms with van der Waals surface area (Å²) in [7, 11) is 0. The molecule has 0 bridgehead atoms. The number of rotatable bonds is 4. The first-order valence-corrected chi connectivity index (χ1v) is 7.96. The van der Waals surface area contributed by atoms with Crippen molar-refractivity contribution in [3.8, 4) is 5.75 Å². The molecule has 0 aliphatic carbocycles. The van der Waals surface area contributed by atoms with Crippen LogP contribution in [0.25, 0.3) is 0 Å². The average molecular weight is 339 g/mol. The first-order chi connectivity index (χ1) is 11.0. The van der Waals surface area contributed by atoms with Crippen LogP contribution in [-0.4, -0.2) is 47.7 Å². The van der Waals surface area contributed by atoms with Crippen LogP contribution in [0.1, 0.15) is 30.1 Å². The molecule has 0 aromatic heterocycles. The van der Waals surface area contributed by atoms with Crippen LogP contribution in [0.15, 0.2) is 24.3 Å². The summed E-state index contributed by atoms with van der Waals surface area (Å²) in [5.74, 6) is -0.404. The van der Waals surface area contributed by atoms with Crippen molar-refractivity contribution in [1.82, 2.24) is 10.2 Å². The SMILES string of the molecule is CC(=O)Oc1cccc(C(=O)NC2CCN(C(=O)CCl)CC2)c1.